The van der Waals surface area contributed by atoms with Gasteiger partial charge in [0, 0.05) is 41.7 Å². The minimum Gasteiger partial charge on any atom is -0.494 e. The van der Waals surface area contributed by atoms with E-state index in [9.17, 15) is 9.18 Å². The number of carbonyl (C=O) groups excluding carboxylic acids is 1. The lowest BCUT2D eigenvalue weighted by Crippen LogP contribution is -2.31. The zero-order valence-corrected chi connectivity index (χ0v) is 19.1. The van der Waals surface area contributed by atoms with E-state index in [4.69, 9.17) is 4.74 Å². The second-order valence-corrected chi connectivity index (χ2v) is 8.16. The van der Waals surface area contributed by atoms with E-state index in [0.29, 0.717) is 46.9 Å². The molecule has 2 aliphatic heterocycles. The van der Waals surface area contributed by atoms with Crippen LogP contribution in [0.1, 0.15) is 40.9 Å². The highest BCUT2D eigenvalue weighted by atomic mass is 19.1. The number of hydrogen-bond donors (Lipinski definition) is 4. The zero-order valence-electron chi connectivity index (χ0n) is 19.1. The molecule has 0 saturated carbocycles. The van der Waals surface area contributed by atoms with Crippen LogP contribution in [0.2, 0.25) is 0 Å². The molecule has 0 unspecified atom stereocenters. The Bertz CT molecular complexity index is 1110. The number of aromatic nitrogens is 2. The van der Waals surface area contributed by atoms with Crippen LogP contribution in [0.15, 0.2) is 36.7 Å². The molecule has 0 atom stereocenters. The van der Waals surface area contributed by atoms with Crippen LogP contribution in [0, 0.1) is 12.7 Å². The minimum absolute atomic E-state index is 0.164. The van der Waals surface area contributed by atoms with Gasteiger partial charge < -0.3 is 25.7 Å². The lowest BCUT2D eigenvalue weighted by atomic mass is 10.0. The van der Waals surface area contributed by atoms with Gasteiger partial charge in [0.25, 0.3) is 5.91 Å². The number of nitrogens with one attached hydrogen (secondary N) is 4. The summed E-state index contributed by atoms with van der Waals surface area (Å²) in [6, 6.07) is 6.65. The number of methoxy groups -OCH3 is 1. The quantitative estimate of drug-likeness (QED) is 0.474. The number of hydrogen-bond acceptors (Lipinski definition) is 5. The Kier molecular flexibility index (Phi) is 7.24. The van der Waals surface area contributed by atoms with Gasteiger partial charge in [-0.15, -0.1) is 0 Å². The Morgan fingerprint density at radius 2 is 1.94 bits per heavy atom. The van der Waals surface area contributed by atoms with Gasteiger partial charge in [-0.3, -0.25) is 9.78 Å². The molecule has 5 rings (SSSR count). The Hall–Kier alpha value is -3.39. The summed E-state index contributed by atoms with van der Waals surface area (Å²) in [6.45, 7) is 4.77. The Morgan fingerprint density at radius 3 is 2.64 bits per heavy atom. The summed E-state index contributed by atoms with van der Waals surface area (Å²) in [5.41, 5.74) is 4.54. The highest BCUT2D eigenvalue weighted by molar-refractivity contribution is 6.06. The van der Waals surface area contributed by atoms with Crippen LogP contribution in [0.3, 0.4) is 0 Å². The van der Waals surface area contributed by atoms with Gasteiger partial charge in [0.05, 0.1) is 30.3 Å². The average molecular weight is 452 g/mol. The number of aromatic amines is 1. The van der Waals surface area contributed by atoms with Crippen LogP contribution in [-0.4, -0.2) is 42.6 Å². The molecule has 0 bridgehead atoms. The van der Waals surface area contributed by atoms with E-state index in [0.717, 1.165) is 11.3 Å². The molecular weight excluding hydrogens is 421 g/mol. The fourth-order valence-electron chi connectivity index (χ4n) is 4.13. The maximum atomic E-state index is 14.0. The van der Waals surface area contributed by atoms with Crippen molar-refractivity contribution in [3.05, 3.63) is 59.3 Å². The highest BCUT2D eigenvalue weighted by Gasteiger charge is 2.28. The summed E-state index contributed by atoms with van der Waals surface area (Å²) in [5.74, 6) is 0.107. The number of piperidine rings is 1. The summed E-state index contributed by atoms with van der Waals surface area (Å²) in [7, 11) is 1.57. The molecule has 4 heterocycles. The third-order valence-electron chi connectivity index (χ3n) is 5.97. The lowest BCUT2D eigenvalue weighted by Gasteiger charge is -2.16. The SMILES string of the molecule is C1CCNCC1.COc1cnccc1-c1[nH]c2c(c1Nc1cccc(F)c1C)C(=O)NCC2. The van der Waals surface area contributed by atoms with E-state index >= 15 is 0 Å². The third-order valence-corrected chi connectivity index (χ3v) is 5.97. The lowest BCUT2D eigenvalue weighted by molar-refractivity contribution is 0.0947. The Morgan fingerprint density at radius 1 is 1.12 bits per heavy atom. The fourth-order valence-corrected chi connectivity index (χ4v) is 4.13. The normalized spacial score (nSPS) is 15.1. The first kappa shape index (κ1) is 22.8. The third kappa shape index (κ3) is 5.01. The largest absolute Gasteiger partial charge is 0.494 e. The van der Waals surface area contributed by atoms with Crippen LogP contribution < -0.4 is 20.7 Å². The number of halogens is 1. The van der Waals surface area contributed by atoms with Gasteiger partial charge >= 0.3 is 0 Å². The second kappa shape index (κ2) is 10.5. The molecule has 3 aromatic rings. The predicted molar refractivity (Wildman–Crippen MR) is 128 cm³/mol. The topological polar surface area (TPSA) is 91.1 Å². The Balaban J connectivity index is 0.000000376. The van der Waals surface area contributed by atoms with Crippen molar-refractivity contribution in [2.45, 2.75) is 32.6 Å². The summed E-state index contributed by atoms with van der Waals surface area (Å²) in [4.78, 5) is 20.0. The smallest absolute Gasteiger partial charge is 0.255 e. The Labute approximate surface area is 193 Å². The van der Waals surface area contributed by atoms with Crippen molar-refractivity contribution in [2.24, 2.45) is 0 Å². The molecule has 2 aliphatic rings. The van der Waals surface area contributed by atoms with Gasteiger partial charge in [0.15, 0.2) is 0 Å². The molecule has 1 saturated heterocycles. The first-order valence-electron chi connectivity index (χ1n) is 11.3. The molecule has 0 spiro atoms. The van der Waals surface area contributed by atoms with Gasteiger partial charge in [-0.1, -0.05) is 12.5 Å². The molecule has 4 N–H and O–H groups in total. The van der Waals surface area contributed by atoms with E-state index in [1.54, 1.807) is 38.6 Å². The molecule has 7 nitrogen and oxygen atoms in total. The van der Waals surface area contributed by atoms with Crippen LogP contribution >= 0.6 is 0 Å². The maximum Gasteiger partial charge on any atom is 0.255 e. The summed E-state index contributed by atoms with van der Waals surface area (Å²) < 4.78 is 19.4. The van der Waals surface area contributed by atoms with Crippen LogP contribution in [0.4, 0.5) is 15.8 Å². The number of rotatable bonds is 4. The number of carbonyl (C=O) groups is 1. The van der Waals surface area contributed by atoms with Crippen molar-refractivity contribution < 1.29 is 13.9 Å². The summed E-state index contributed by atoms with van der Waals surface area (Å²) in [6.07, 6.45) is 8.18. The molecule has 1 aromatic carbocycles. The summed E-state index contributed by atoms with van der Waals surface area (Å²) >= 11 is 0. The second-order valence-electron chi connectivity index (χ2n) is 8.16. The van der Waals surface area contributed by atoms with E-state index in [1.807, 2.05) is 6.07 Å². The monoisotopic (exact) mass is 451 g/mol. The predicted octanol–water partition coefficient (Wildman–Crippen LogP) is 4.32. The van der Waals surface area contributed by atoms with E-state index in [1.165, 1.54) is 38.4 Å². The summed E-state index contributed by atoms with van der Waals surface area (Å²) in [5, 5.41) is 9.41. The van der Waals surface area contributed by atoms with Crippen molar-refractivity contribution in [3.63, 3.8) is 0 Å². The molecule has 0 aliphatic carbocycles. The molecule has 8 heteroatoms. The standard InChI is InChI=1S/C20H19FN4O2.C5H11N/c1-11-13(21)4-3-5-14(11)24-19-17-15(7-9-23-20(17)26)25-18(19)12-6-8-22-10-16(12)27-2;1-2-4-6-5-3-1/h3-6,8,10,24-25H,7,9H2,1-2H3,(H,23,26);6H,1-5H2. The van der Waals surface area contributed by atoms with Gasteiger partial charge in [0.2, 0.25) is 0 Å². The van der Waals surface area contributed by atoms with E-state index in [2.05, 4.69) is 25.9 Å². The number of benzene rings is 1. The maximum absolute atomic E-state index is 14.0. The first-order valence-corrected chi connectivity index (χ1v) is 11.3. The fraction of sp³-hybridized carbons (Fsp3) is 0.360. The van der Waals surface area contributed by atoms with Gasteiger partial charge in [-0.25, -0.2) is 4.39 Å². The molecule has 1 fully saturated rings. The van der Waals surface area contributed by atoms with Crippen molar-refractivity contribution in [2.75, 3.05) is 32.1 Å². The van der Waals surface area contributed by atoms with Crippen molar-refractivity contribution in [1.29, 1.82) is 0 Å². The molecule has 1 amide bonds. The minimum atomic E-state index is -0.308. The van der Waals surface area contributed by atoms with Crippen LogP contribution in [-0.2, 0) is 6.42 Å². The molecule has 174 valence electrons. The first-order chi connectivity index (χ1) is 16.1. The average Bonchev–Trinajstić information content (AvgIpc) is 3.23. The van der Waals surface area contributed by atoms with Gasteiger partial charge in [-0.2, -0.15) is 0 Å². The number of H-pyrrole nitrogens is 1. The number of nitrogens with zero attached hydrogens (tertiary/aromatic N) is 1. The van der Waals surface area contributed by atoms with Crippen molar-refractivity contribution in [3.8, 4) is 17.0 Å². The van der Waals surface area contributed by atoms with Gasteiger partial charge in [-0.05, 0) is 51.1 Å². The van der Waals surface area contributed by atoms with Crippen LogP contribution in [0.25, 0.3) is 11.3 Å². The number of ether oxygens (including phenoxy) is 1. The molecule has 0 radical (unpaired) electrons. The van der Waals surface area contributed by atoms with Gasteiger partial charge in [0.1, 0.15) is 11.6 Å². The molecular formula is C25H30FN5O2. The zero-order chi connectivity index (χ0) is 23.2. The van der Waals surface area contributed by atoms with Crippen LogP contribution in [0.5, 0.6) is 5.75 Å². The molecule has 2 aromatic heterocycles. The number of amides is 1. The van der Waals surface area contributed by atoms with Crippen molar-refractivity contribution in [1.82, 2.24) is 20.6 Å². The number of pyridine rings is 1. The van der Waals surface area contributed by atoms with E-state index in [-0.39, 0.29) is 11.7 Å². The highest BCUT2D eigenvalue weighted by Crippen LogP contribution is 2.40. The van der Waals surface area contributed by atoms with E-state index < -0.39 is 0 Å². The number of anilines is 2. The number of fused-ring (bicyclic) bond motifs is 1. The van der Waals surface area contributed by atoms with Crippen molar-refractivity contribution >= 4 is 17.3 Å². The molecule has 33 heavy (non-hydrogen) atoms.